The summed E-state index contributed by atoms with van der Waals surface area (Å²) in [6.45, 7) is 4.24. The normalized spacial score (nSPS) is 26.9. The fourth-order valence-electron chi connectivity index (χ4n) is 3.48. The molecule has 1 fully saturated rings. The molecule has 14 heteroatoms. The summed E-state index contributed by atoms with van der Waals surface area (Å²) >= 11 is 0. The summed E-state index contributed by atoms with van der Waals surface area (Å²) in [6.07, 6.45) is -0.357. The molecular weight excluding hydrogens is 439 g/mol. The predicted molar refractivity (Wildman–Crippen MR) is 107 cm³/mol. The third-order valence-electron chi connectivity index (χ3n) is 4.84. The third-order valence-corrected chi connectivity index (χ3v) is 5.68. The first-order valence-electron chi connectivity index (χ1n) is 8.99. The number of rotatable bonds is 7. The molecule has 166 valence electrons. The van der Waals surface area contributed by atoms with Crippen LogP contribution in [0.25, 0.3) is 11.2 Å². The molecule has 2 aromatic heterocycles. The van der Waals surface area contributed by atoms with Gasteiger partial charge in [-0.1, -0.05) is 6.92 Å². The van der Waals surface area contributed by atoms with Crippen molar-refractivity contribution in [2.75, 3.05) is 12.9 Å². The molecule has 0 aromatic carbocycles. The number of esters is 1. The van der Waals surface area contributed by atoms with Gasteiger partial charge in [0.1, 0.15) is 17.5 Å². The van der Waals surface area contributed by atoms with Gasteiger partial charge in [-0.3, -0.25) is 18.3 Å². The minimum absolute atomic E-state index is 0.0792. The molecule has 0 bridgehead atoms. The zero-order valence-corrected chi connectivity index (χ0v) is 18.8. The van der Waals surface area contributed by atoms with E-state index in [-0.39, 0.29) is 24.2 Å². The van der Waals surface area contributed by atoms with Crippen LogP contribution >= 0.6 is 9.47 Å². The Labute approximate surface area is 174 Å². The van der Waals surface area contributed by atoms with Gasteiger partial charge in [0, 0.05) is 16.4 Å². The molecule has 1 aliphatic heterocycles. The van der Waals surface area contributed by atoms with Gasteiger partial charge in [0.2, 0.25) is 0 Å². The van der Waals surface area contributed by atoms with Gasteiger partial charge in [-0.2, -0.15) is 8.42 Å². The van der Waals surface area contributed by atoms with E-state index in [1.165, 1.54) is 17.8 Å². The van der Waals surface area contributed by atoms with Crippen molar-refractivity contribution in [3.8, 4) is 0 Å². The van der Waals surface area contributed by atoms with Crippen molar-refractivity contribution in [1.29, 1.82) is 0 Å². The van der Waals surface area contributed by atoms with Gasteiger partial charge in [0.25, 0.3) is 15.7 Å². The number of aromatic amines is 1. The van der Waals surface area contributed by atoms with E-state index in [0.29, 0.717) is 5.82 Å². The Morgan fingerprint density at radius 2 is 2.17 bits per heavy atom. The van der Waals surface area contributed by atoms with Crippen LogP contribution in [0.4, 0.5) is 0 Å². The lowest BCUT2D eigenvalue weighted by molar-refractivity contribution is -0.155. The maximum Gasteiger partial charge on any atom is 0.303 e. The first-order chi connectivity index (χ1) is 14.0. The average Bonchev–Trinajstić information content (AvgIpc) is 3.18. The molecule has 0 saturated carbocycles. The van der Waals surface area contributed by atoms with Crippen LogP contribution in [0.15, 0.2) is 11.1 Å². The number of fused-ring (bicyclic) bond motifs is 1. The third kappa shape index (κ3) is 4.26. The first kappa shape index (κ1) is 22.8. The van der Waals surface area contributed by atoms with E-state index in [1.807, 2.05) is 0 Å². The van der Waals surface area contributed by atoms with Crippen LogP contribution in [0.1, 0.15) is 32.3 Å². The smallest absolute Gasteiger partial charge is 0.303 e. The number of hydrogen-bond acceptors (Lipinski definition) is 10. The second-order valence-electron chi connectivity index (χ2n) is 7.00. The molecular formula is C16H23N4O8PS. The van der Waals surface area contributed by atoms with Crippen molar-refractivity contribution in [2.24, 2.45) is 0 Å². The number of aromatic nitrogens is 4. The largest absolute Gasteiger partial charge is 0.455 e. The molecule has 0 amide bonds. The molecule has 3 heterocycles. The maximum absolute atomic E-state index is 12.2. The van der Waals surface area contributed by atoms with E-state index in [1.54, 1.807) is 13.8 Å². The Kier molecular flexibility index (Phi) is 6.30. The van der Waals surface area contributed by atoms with Crippen molar-refractivity contribution in [1.82, 2.24) is 19.5 Å². The Balaban J connectivity index is 2.12. The number of imidazole rings is 1. The summed E-state index contributed by atoms with van der Waals surface area (Å²) in [5, 5.41) is 0. The highest BCUT2D eigenvalue weighted by Gasteiger charge is 2.58. The van der Waals surface area contributed by atoms with E-state index in [4.69, 9.17) is 18.2 Å². The standard InChI is InChI=1S/C16H23N4O8PS/c1-5-16(6-25-30(4,23)24)12(28-29)11(26-9(3)21)15(27-16)20-7-17-10-13(20)18-8(2)19-14(10)22/h7,11-12,15H,5-6,29H2,1-4H3,(H,18,19,22)/t11-,12-,15+,16-/m0/s1. The van der Waals surface area contributed by atoms with Crippen LogP contribution in [0.5, 0.6) is 0 Å². The highest BCUT2D eigenvalue weighted by Crippen LogP contribution is 2.44. The monoisotopic (exact) mass is 462 g/mol. The highest BCUT2D eigenvalue weighted by molar-refractivity contribution is 7.85. The number of carbonyl (C=O) groups is 1. The van der Waals surface area contributed by atoms with Gasteiger partial charge in [-0.25, -0.2) is 9.97 Å². The van der Waals surface area contributed by atoms with Gasteiger partial charge in [-0.05, 0) is 13.3 Å². The molecule has 2 aromatic rings. The van der Waals surface area contributed by atoms with Crippen LogP contribution in [-0.4, -0.2) is 64.6 Å². The number of nitrogens with zero attached hydrogens (tertiary/aromatic N) is 3. The van der Waals surface area contributed by atoms with Crippen molar-refractivity contribution >= 4 is 36.7 Å². The molecule has 1 N–H and O–H groups in total. The summed E-state index contributed by atoms with van der Waals surface area (Å²) < 4.78 is 46.8. The summed E-state index contributed by atoms with van der Waals surface area (Å²) in [7, 11) is -1.69. The number of hydrogen-bond donors (Lipinski definition) is 1. The SMILES string of the molecule is CC[C@@]1(COS(C)(=O)=O)O[C@@H](n2cnc3c(=O)[nH]c(C)nc32)[C@@H](OC(C)=O)[C@@H]1OP. The van der Waals surface area contributed by atoms with E-state index in [9.17, 15) is 18.0 Å². The second kappa shape index (κ2) is 8.31. The van der Waals surface area contributed by atoms with E-state index in [0.717, 1.165) is 6.26 Å². The van der Waals surface area contributed by atoms with Crippen molar-refractivity contribution < 1.29 is 31.4 Å². The molecule has 5 atom stereocenters. The lowest BCUT2D eigenvalue weighted by Crippen LogP contribution is -2.48. The van der Waals surface area contributed by atoms with Crippen LogP contribution in [0.2, 0.25) is 0 Å². The number of nitrogens with one attached hydrogen (secondary N) is 1. The van der Waals surface area contributed by atoms with Crippen LogP contribution < -0.4 is 5.56 Å². The lowest BCUT2D eigenvalue weighted by Gasteiger charge is -2.32. The molecule has 0 spiro atoms. The zero-order chi connectivity index (χ0) is 22.3. The molecule has 0 aliphatic carbocycles. The Bertz CT molecular complexity index is 1120. The van der Waals surface area contributed by atoms with Gasteiger partial charge < -0.3 is 19.0 Å². The van der Waals surface area contributed by atoms with E-state index < -0.39 is 45.7 Å². The summed E-state index contributed by atoms with van der Waals surface area (Å²) in [5.41, 5.74) is -1.41. The van der Waals surface area contributed by atoms with Crippen molar-refractivity contribution in [3.05, 3.63) is 22.5 Å². The van der Waals surface area contributed by atoms with Gasteiger partial charge in [0.15, 0.2) is 23.5 Å². The molecule has 0 radical (unpaired) electrons. The van der Waals surface area contributed by atoms with Crippen molar-refractivity contribution in [3.63, 3.8) is 0 Å². The molecule has 1 saturated heterocycles. The van der Waals surface area contributed by atoms with Crippen LogP contribution in [0.3, 0.4) is 0 Å². The van der Waals surface area contributed by atoms with Gasteiger partial charge in [0.05, 0.1) is 19.2 Å². The Morgan fingerprint density at radius 3 is 2.73 bits per heavy atom. The van der Waals surface area contributed by atoms with E-state index in [2.05, 4.69) is 24.4 Å². The summed E-state index contributed by atoms with van der Waals surface area (Å²) in [6, 6.07) is 0. The summed E-state index contributed by atoms with van der Waals surface area (Å²) in [4.78, 5) is 35.0. The highest BCUT2D eigenvalue weighted by atomic mass is 32.2. The molecule has 1 aliphatic rings. The van der Waals surface area contributed by atoms with E-state index >= 15 is 0 Å². The number of H-pyrrole nitrogens is 1. The molecule has 3 rings (SSSR count). The van der Waals surface area contributed by atoms with Crippen LogP contribution in [-0.2, 0) is 33.1 Å². The average molecular weight is 462 g/mol. The molecule has 12 nitrogen and oxygen atoms in total. The Morgan fingerprint density at radius 1 is 1.47 bits per heavy atom. The lowest BCUT2D eigenvalue weighted by atomic mass is 9.93. The topological polar surface area (TPSA) is 152 Å². The number of carbonyl (C=O) groups excluding carboxylic acids is 1. The minimum atomic E-state index is -3.78. The fourth-order valence-corrected chi connectivity index (χ4v) is 4.30. The Hall–Kier alpha value is -1.92. The van der Waals surface area contributed by atoms with Gasteiger partial charge in [-0.15, -0.1) is 0 Å². The van der Waals surface area contributed by atoms with Crippen molar-refractivity contribution in [2.45, 2.75) is 51.2 Å². The fraction of sp³-hybridized carbons (Fsp3) is 0.625. The number of aryl methyl sites for hydroxylation is 1. The predicted octanol–water partition coefficient (Wildman–Crippen LogP) is 0.189. The number of ether oxygens (including phenoxy) is 2. The van der Waals surface area contributed by atoms with Gasteiger partial charge >= 0.3 is 5.97 Å². The molecule has 1 unspecified atom stereocenters. The minimum Gasteiger partial charge on any atom is -0.455 e. The molecule has 30 heavy (non-hydrogen) atoms. The zero-order valence-electron chi connectivity index (χ0n) is 16.8. The summed E-state index contributed by atoms with van der Waals surface area (Å²) in [5.74, 6) is -0.236. The second-order valence-corrected chi connectivity index (χ2v) is 8.92. The maximum atomic E-state index is 12.2. The van der Waals surface area contributed by atoms with Crippen LogP contribution in [0, 0.1) is 6.92 Å². The first-order valence-corrected chi connectivity index (χ1v) is 11.3. The quantitative estimate of drug-likeness (QED) is 0.343.